The molecule has 0 bridgehead atoms. The highest BCUT2D eigenvalue weighted by Crippen LogP contribution is 2.13. The lowest BCUT2D eigenvalue weighted by Crippen LogP contribution is -2.31. The SMILES string of the molecule is Cc1nc(N(CO)CO)nc(N(CO)CON=[N+]=[N-])n1. The molecule has 0 amide bonds. The zero-order valence-electron chi connectivity index (χ0n) is 10.7. The number of aliphatic hydroxyl groups excluding tert-OH is 3. The number of hydrogen-bond donors (Lipinski definition) is 3. The van der Waals surface area contributed by atoms with Crippen molar-refractivity contribution in [1.29, 1.82) is 0 Å². The summed E-state index contributed by atoms with van der Waals surface area (Å²) in [6.07, 6.45) is 0. The number of anilines is 2. The number of aromatic nitrogens is 3. The molecule has 1 heterocycles. The second-order valence-electron chi connectivity index (χ2n) is 3.42. The van der Waals surface area contributed by atoms with Gasteiger partial charge in [0, 0.05) is 4.91 Å². The Kier molecular flexibility index (Phi) is 6.19. The van der Waals surface area contributed by atoms with Crippen LogP contribution in [0.25, 0.3) is 10.4 Å². The standard InChI is InChI=1S/C8H14N8O4/c1-6-10-7(15(2-17)3-18)12-8(11-6)16(4-19)5-20-14-13-9/h17-19H,2-5H2,1H3. The number of rotatable bonds is 8. The van der Waals surface area contributed by atoms with Crippen molar-refractivity contribution in [2.75, 3.05) is 36.7 Å². The molecule has 0 atom stereocenters. The molecular formula is C8H14N8O4. The Bertz CT molecular complexity index is 476. The average molecular weight is 286 g/mol. The molecule has 0 aliphatic carbocycles. The molecule has 1 aromatic heterocycles. The molecule has 12 nitrogen and oxygen atoms in total. The monoisotopic (exact) mass is 286 g/mol. The van der Waals surface area contributed by atoms with Crippen LogP contribution in [0.4, 0.5) is 11.9 Å². The molecule has 0 unspecified atom stereocenters. The van der Waals surface area contributed by atoms with Crippen LogP contribution in [-0.2, 0) is 4.84 Å². The lowest BCUT2D eigenvalue weighted by molar-refractivity contribution is 0.119. The third-order valence-corrected chi connectivity index (χ3v) is 2.11. The van der Waals surface area contributed by atoms with Gasteiger partial charge in [-0.25, -0.2) is 0 Å². The lowest BCUT2D eigenvalue weighted by Gasteiger charge is -2.21. The first-order valence-electron chi connectivity index (χ1n) is 5.37. The van der Waals surface area contributed by atoms with Crippen LogP contribution in [0.15, 0.2) is 5.28 Å². The van der Waals surface area contributed by atoms with Gasteiger partial charge in [-0.1, -0.05) is 0 Å². The summed E-state index contributed by atoms with van der Waals surface area (Å²) in [5.74, 6) is 0.369. The van der Waals surface area contributed by atoms with E-state index in [-0.39, 0.29) is 18.6 Å². The van der Waals surface area contributed by atoms with Crippen LogP contribution >= 0.6 is 0 Å². The first-order valence-corrected chi connectivity index (χ1v) is 5.37. The minimum atomic E-state index is -0.498. The third-order valence-electron chi connectivity index (χ3n) is 2.11. The normalized spacial score (nSPS) is 9.80. The Hall–Kier alpha value is -2.40. The van der Waals surface area contributed by atoms with Gasteiger partial charge in [0.1, 0.15) is 31.3 Å². The molecule has 1 rings (SSSR count). The molecule has 0 saturated carbocycles. The summed E-state index contributed by atoms with van der Waals surface area (Å²) in [7, 11) is 0. The topological polar surface area (TPSA) is 164 Å². The van der Waals surface area contributed by atoms with E-state index < -0.39 is 20.2 Å². The highest BCUT2D eigenvalue weighted by molar-refractivity contribution is 5.37. The van der Waals surface area contributed by atoms with Crippen molar-refractivity contribution in [3.05, 3.63) is 16.3 Å². The largest absolute Gasteiger partial charge is 0.411 e. The molecule has 3 N–H and O–H groups in total. The molecular weight excluding hydrogens is 272 g/mol. The van der Waals surface area contributed by atoms with E-state index in [0.29, 0.717) is 5.82 Å². The number of aliphatic hydroxyl groups is 3. The maximum atomic E-state index is 9.21. The first-order chi connectivity index (χ1) is 9.65. The van der Waals surface area contributed by atoms with Crippen molar-refractivity contribution in [2.24, 2.45) is 5.28 Å². The average Bonchev–Trinajstić information content (AvgIpc) is 2.44. The minimum Gasteiger partial charge on any atom is -0.411 e. The Morgan fingerprint density at radius 3 is 2.15 bits per heavy atom. The number of aryl methyl sites for hydroxylation is 1. The highest BCUT2D eigenvalue weighted by Gasteiger charge is 2.15. The Morgan fingerprint density at radius 1 is 1.10 bits per heavy atom. The third kappa shape index (κ3) is 4.07. The number of azide groups is 1. The molecule has 0 aromatic carbocycles. The van der Waals surface area contributed by atoms with Gasteiger partial charge in [-0.2, -0.15) is 15.0 Å². The number of nitrogens with zero attached hydrogens (tertiary/aromatic N) is 8. The second kappa shape index (κ2) is 7.91. The summed E-state index contributed by atoms with van der Waals surface area (Å²) in [6, 6.07) is 0. The summed E-state index contributed by atoms with van der Waals surface area (Å²) in [5, 5.41) is 30.2. The van der Waals surface area contributed by atoms with Gasteiger partial charge in [0.15, 0.2) is 6.73 Å². The molecule has 20 heavy (non-hydrogen) atoms. The summed E-state index contributed by atoms with van der Waals surface area (Å²) < 4.78 is 0. The van der Waals surface area contributed by atoms with Gasteiger partial charge in [-0.05, 0) is 12.5 Å². The van der Waals surface area contributed by atoms with Gasteiger partial charge in [0.25, 0.3) is 0 Å². The van der Waals surface area contributed by atoms with E-state index in [9.17, 15) is 5.11 Å². The van der Waals surface area contributed by atoms with Gasteiger partial charge >= 0.3 is 0 Å². The predicted octanol–water partition coefficient (Wildman–Crippen LogP) is -1.16. The van der Waals surface area contributed by atoms with Gasteiger partial charge in [-0.3, -0.25) is 9.80 Å². The van der Waals surface area contributed by atoms with E-state index >= 15 is 0 Å². The van der Waals surface area contributed by atoms with Crippen molar-refractivity contribution in [3.8, 4) is 0 Å². The van der Waals surface area contributed by atoms with Crippen LogP contribution in [0.1, 0.15) is 5.82 Å². The molecule has 110 valence electrons. The maximum absolute atomic E-state index is 9.21. The quantitative estimate of drug-likeness (QED) is 0.176. The molecule has 0 saturated heterocycles. The summed E-state index contributed by atoms with van der Waals surface area (Å²) in [5.41, 5.74) is 8.10. The smallest absolute Gasteiger partial charge is 0.234 e. The summed E-state index contributed by atoms with van der Waals surface area (Å²) in [4.78, 5) is 21.0. The van der Waals surface area contributed by atoms with Crippen LogP contribution in [-0.4, -0.2) is 57.2 Å². The fourth-order valence-electron chi connectivity index (χ4n) is 1.19. The Labute approximate surface area is 113 Å². The predicted molar refractivity (Wildman–Crippen MR) is 65.9 cm³/mol. The van der Waals surface area contributed by atoms with Gasteiger partial charge in [-0.15, -0.1) is 0 Å². The van der Waals surface area contributed by atoms with Crippen LogP contribution in [0.5, 0.6) is 0 Å². The molecule has 1 aromatic rings. The van der Waals surface area contributed by atoms with Crippen LogP contribution in [0.2, 0.25) is 0 Å². The molecule has 12 heteroatoms. The fraction of sp³-hybridized carbons (Fsp3) is 0.625. The zero-order valence-corrected chi connectivity index (χ0v) is 10.7. The van der Waals surface area contributed by atoms with Gasteiger partial charge in [0.2, 0.25) is 11.9 Å². The molecule has 0 aliphatic heterocycles. The zero-order chi connectivity index (χ0) is 15.0. The highest BCUT2D eigenvalue weighted by atomic mass is 16.7. The van der Waals surface area contributed by atoms with Crippen LogP contribution in [0.3, 0.4) is 0 Å². The van der Waals surface area contributed by atoms with Gasteiger partial charge < -0.3 is 20.2 Å². The maximum Gasteiger partial charge on any atom is 0.234 e. The van der Waals surface area contributed by atoms with Crippen molar-refractivity contribution in [1.82, 2.24) is 15.0 Å². The molecule has 0 radical (unpaired) electrons. The van der Waals surface area contributed by atoms with E-state index in [1.165, 1.54) is 0 Å². The lowest BCUT2D eigenvalue weighted by atomic mass is 10.6. The van der Waals surface area contributed by atoms with Gasteiger partial charge in [0.05, 0.1) is 0 Å². The minimum absolute atomic E-state index is 0.0275. The van der Waals surface area contributed by atoms with Crippen molar-refractivity contribution in [3.63, 3.8) is 0 Å². The second-order valence-corrected chi connectivity index (χ2v) is 3.42. The van der Waals surface area contributed by atoms with E-state index in [4.69, 9.17) is 15.7 Å². The molecule has 0 spiro atoms. The van der Waals surface area contributed by atoms with Crippen LogP contribution < -0.4 is 9.80 Å². The summed E-state index contributed by atoms with van der Waals surface area (Å²) >= 11 is 0. The number of hydrogen-bond acceptors (Lipinski definition) is 10. The van der Waals surface area contributed by atoms with Crippen molar-refractivity contribution >= 4 is 11.9 Å². The Balaban J connectivity index is 3.00. The first kappa shape index (κ1) is 15.7. The molecule has 0 aliphatic rings. The van der Waals surface area contributed by atoms with E-state index in [2.05, 4.69) is 30.0 Å². The van der Waals surface area contributed by atoms with Crippen LogP contribution in [0, 0.1) is 6.92 Å². The van der Waals surface area contributed by atoms with E-state index in [1.807, 2.05) is 0 Å². The van der Waals surface area contributed by atoms with Crippen molar-refractivity contribution < 1.29 is 20.2 Å². The fourth-order valence-corrected chi connectivity index (χ4v) is 1.19. The Morgan fingerprint density at radius 2 is 1.65 bits per heavy atom. The van der Waals surface area contributed by atoms with E-state index in [1.54, 1.807) is 6.92 Å². The van der Waals surface area contributed by atoms with E-state index in [0.717, 1.165) is 9.80 Å². The summed E-state index contributed by atoms with van der Waals surface area (Å²) in [6.45, 7) is -0.184. The molecule has 0 fully saturated rings. The van der Waals surface area contributed by atoms with Crippen molar-refractivity contribution in [2.45, 2.75) is 6.92 Å².